The Morgan fingerprint density at radius 1 is 1.24 bits per heavy atom. The summed E-state index contributed by atoms with van der Waals surface area (Å²) in [6, 6.07) is 2.48. The Balaban J connectivity index is 0.00000312. The normalized spacial score (nSPS) is 14.9. The van der Waals surface area contributed by atoms with E-state index in [1.807, 2.05) is 0 Å². The van der Waals surface area contributed by atoms with E-state index in [2.05, 4.69) is 0 Å². The number of hydrogen-bond acceptors (Lipinski definition) is 5. The summed E-state index contributed by atoms with van der Waals surface area (Å²) in [5.74, 6) is -0.0981. The molecule has 25 heavy (non-hydrogen) atoms. The molecule has 0 atom stereocenters. The maximum atomic E-state index is 12.7. The van der Waals surface area contributed by atoms with E-state index >= 15 is 0 Å². The van der Waals surface area contributed by atoms with Gasteiger partial charge in [0.15, 0.2) is 0 Å². The van der Waals surface area contributed by atoms with Crippen LogP contribution in [0.15, 0.2) is 18.2 Å². The van der Waals surface area contributed by atoms with Gasteiger partial charge in [-0.15, -0.1) is 12.4 Å². The minimum absolute atomic E-state index is 0. The molecule has 1 fully saturated rings. The molecule has 0 aliphatic carbocycles. The smallest absolute Gasteiger partial charge is 0.362 e. The number of nitro groups is 1. The lowest BCUT2D eigenvalue weighted by molar-refractivity contribution is -0.384. The van der Waals surface area contributed by atoms with Crippen LogP contribution < -0.4 is 10.6 Å². The van der Waals surface area contributed by atoms with E-state index in [0.717, 1.165) is 12.1 Å². The lowest BCUT2D eigenvalue weighted by Gasteiger charge is -2.35. The Morgan fingerprint density at radius 2 is 1.84 bits per heavy atom. The number of carbonyl (C=O) groups excluding carboxylic acids is 1. The number of nitro benzene ring substituents is 1. The molecule has 1 aliphatic rings. The highest BCUT2D eigenvalue weighted by atomic mass is 35.5. The largest absolute Gasteiger partial charge is 0.416 e. The molecule has 1 heterocycles. The van der Waals surface area contributed by atoms with Gasteiger partial charge in [0, 0.05) is 45.2 Å². The second-order valence-electron chi connectivity index (χ2n) is 5.36. The third kappa shape index (κ3) is 4.95. The van der Waals surface area contributed by atoms with E-state index in [-0.39, 0.29) is 37.0 Å². The predicted octanol–water partition coefficient (Wildman–Crippen LogP) is 2.03. The molecule has 1 aromatic carbocycles. The van der Waals surface area contributed by atoms with Crippen LogP contribution in [0.3, 0.4) is 0 Å². The molecule has 1 aromatic rings. The van der Waals surface area contributed by atoms with Crippen molar-refractivity contribution in [3.05, 3.63) is 33.9 Å². The van der Waals surface area contributed by atoms with Gasteiger partial charge in [-0.2, -0.15) is 13.2 Å². The average molecular weight is 383 g/mol. The zero-order valence-electron chi connectivity index (χ0n) is 13.2. The SMILES string of the molecule is Cl.NCCC(=O)N1CCN(c2ccc(C(F)(F)F)cc2[N+](=O)[O-])CC1. The van der Waals surface area contributed by atoms with Crippen LogP contribution in [0.4, 0.5) is 24.5 Å². The second-order valence-corrected chi connectivity index (χ2v) is 5.36. The maximum Gasteiger partial charge on any atom is 0.416 e. The monoisotopic (exact) mass is 382 g/mol. The zero-order valence-corrected chi connectivity index (χ0v) is 14.0. The Morgan fingerprint density at radius 3 is 2.32 bits per heavy atom. The van der Waals surface area contributed by atoms with Crippen LogP contribution >= 0.6 is 12.4 Å². The molecule has 0 saturated carbocycles. The summed E-state index contributed by atoms with van der Waals surface area (Å²) in [6.45, 7) is 1.54. The molecular weight excluding hydrogens is 365 g/mol. The van der Waals surface area contributed by atoms with Gasteiger partial charge in [-0.1, -0.05) is 0 Å². The Kier molecular flexibility index (Phi) is 7.00. The fourth-order valence-electron chi connectivity index (χ4n) is 2.59. The van der Waals surface area contributed by atoms with Gasteiger partial charge in [-0.05, 0) is 12.1 Å². The van der Waals surface area contributed by atoms with Gasteiger partial charge in [0.05, 0.1) is 10.5 Å². The van der Waals surface area contributed by atoms with Crippen LogP contribution in [0, 0.1) is 10.1 Å². The summed E-state index contributed by atoms with van der Waals surface area (Å²) >= 11 is 0. The predicted molar refractivity (Wildman–Crippen MR) is 87.8 cm³/mol. The van der Waals surface area contributed by atoms with Crippen LogP contribution in [-0.2, 0) is 11.0 Å². The molecular formula is C14H18ClF3N4O3. The number of alkyl halides is 3. The summed E-state index contributed by atoms with van der Waals surface area (Å²) in [4.78, 5) is 25.3. The minimum Gasteiger partial charge on any atom is -0.362 e. The number of halogens is 4. The van der Waals surface area contributed by atoms with Crippen LogP contribution in [0.25, 0.3) is 0 Å². The van der Waals surface area contributed by atoms with Crippen molar-refractivity contribution in [2.75, 3.05) is 37.6 Å². The third-order valence-electron chi connectivity index (χ3n) is 3.83. The van der Waals surface area contributed by atoms with Crippen LogP contribution in [0.5, 0.6) is 0 Å². The molecule has 0 spiro atoms. The molecule has 2 N–H and O–H groups in total. The number of nitrogens with zero attached hydrogens (tertiary/aromatic N) is 3. The van der Waals surface area contributed by atoms with E-state index in [1.165, 1.54) is 0 Å². The van der Waals surface area contributed by atoms with Crippen molar-refractivity contribution < 1.29 is 22.9 Å². The number of amides is 1. The van der Waals surface area contributed by atoms with Gasteiger partial charge >= 0.3 is 6.18 Å². The fraction of sp³-hybridized carbons (Fsp3) is 0.500. The summed E-state index contributed by atoms with van der Waals surface area (Å²) in [5.41, 5.74) is 3.80. The minimum atomic E-state index is -4.64. The molecule has 0 radical (unpaired) electrons. The molecule has 7 nitrogen and oxygen atoms in total. The number of piperazine rings is 1. The third-order valence-corrected chi connectivity index (χ3v) is 3.83. The molecule has 2 rings (SSSR count). The molecule has 1 amide bonds. The second kappa shape index (κ2) is 8.34. The summed E-state index contributed by atoms with van der Waals surface area (Å²) in [7, 11) is 0. The highest BCUT2D eigenvalue weighted by molar-refractivity contribution is 5.85. The molecule has 140 valence electrons. The highest BCUT2D eigenvalue weighted by Gasteiger charge is 2.34. The van der Waals surface area contributed by atoms with Crippen molar-refractivity contribution in [1.82, 2.24) is 4.90 Å². The molecule has 11 heteroatoms. The number of carbonyl (C=O) groups is 1. The molecule has 0 unspecified atom stereocenters. The Hall–Kier alpha value is -2.07. The fourth-order valence-corrected chi connectivity index (χ4v) is 2.59. The lowest BCUT2D eigenvalue weighted by atomic mass is 10.1. The van der Waals surface area contributed by atoms with Crippen molar-refractivity contribution in [3.8, 4) is 0 Å². The highest BCUT2D eigenvalue weighted by Crippen LogP contribution is 2.36. The number of nitrogens with two attached hydrogens (primary N) is 1. The molecule has 1 aliphatic heterocycles. The van der Waals surface area contributed by atoms with Crippen LogP contribution in [0.1, 0.15) is 12.0 Å². The first-order valence-corrected chi connectivity index (χ1v) is 7.32. The van der Waals surface area contributed by atoms with Crippen LogP contribution in [-0.4, -0.2) is 48.5 Å². The first-order chi connectivity index (χ1) is 11.2. The van der Waals surface area contributed by atoms with Crippen molar-refractivity contribution in [1.29, 1.82) is 0 Å². The Labute approximate surface area is 148 Å². The van der Waals surface area contributed by atoms with E-state index in [9.17, 15) is 28.1 Å². The van der Waals surface area contributed by atoms with Gasteiger partial charge in [0.1, 0.15) is 5.69 Å². The quantitative estimate of drug-likeness (QED) is 0.635. The lowest BCUT2D eigenvalue weighted by Crippen LogP contribution is -2.49. The number of benzene rings is 1. The average Bonchev–Trinajstić information content (AvgIpc) is 2.53. The Bertz CT molecular complexity index is 634. The number of rotatable bonds is 4. The molecule has 0 aromatic heterocycles. The van der Waals surface area contributed by atoms with Gasteiger partial charge in [0.2, 0.25) is 5.91 Å². The number of hydrogen-bond donors (Lipinski definition) is 1. The standard InChI is InChI=1S/C14H17F3N4O3.ClH/c15-14(16,17)10-1-2-11(12(9-10)21(23)24)19-5-7-20(8-6-19)13(22)3-4-18;/h1-2,9H,3-8,18H2;1H. The van der Waals surface area contributed by atoms with Crippen LogP contribution in [0.2, 0.25) is 0 Å². The van der Waals surface area contributed by atoms with Gasteiger partial charge < -0.3 is 15.5 Å². The summed E-state index contributed by atoms with van der Waals surface area (Å²) in [6.07, 6.45) is -4.42. The first kappa shape index (κ1) is 21.0. The van der Waals surface area contributed by atoms with Crippen molar-refractivity contribution in [2.45, 2.75) is 12.6 Å². The van der Waals surface area contributed by atoms with Gasteiger partial charge in [-0.3, -0.25) is 14.9 Å². The van der Waals surface area contributed by atoms with Crippen molar-refractivity contribution in [3.63, 3.8) is 0 Å². The van der Waals surface area contributed by atoms with Crippen molar-refractivity contribution >= 4 is 29.7 Å². The zero-order chi connectivity index (χ0) is 17.9. The first-order valence-electron chi connectivity index (χ1n) is 7.32. The summed E-state index contributed by atoms with van der Waals surface area (Å²) in [5, 5.41) is 11.1. The van der Waals surface area contributed by atoms with E-state index in [1.54, 1.807) is 9.80 Å². The van der Waals surface area contributed by atoms with E-state index in [0.29, 0.717) is 32.2 Å². The molecule has 0 bridgehead atoms. The number of anilines is 1. The van der Waals surface area contributed by atoms with Gasteiger partial charge in [-0.25, -0.2) is 0 Å². The van der Waals surface area contributed by atoms with Crippen molar-refractivity contribution in [2.24, 2.45) is 5.73 Å². The molecule has 1 saturated heterocycles. The maximum absolute atomic E-state index is 12.7. The summed E-state index contributed by atoms with van der Waals surface area (Å²) < 4.78 is 38.2. The van der Waals surface area contributed by atoms with Gasteiger partial charge in [0.25, 0.3) is 5.69 Å². The van der Waals surface area contributed by atoms with E-state index in [4.69, 9.17) is 5.73 Å². The van der Waals surface area contributed by atoms with E-state index < -0.39 is 22.4 Å². The topological polar surface area (TPSA) is 92.7 Å².